The Morgan fingerprint density at radius 2 is 2.33 bits per heavy atom. The highest BCUT2D eigenvalue weighted by atomic mass is 16.1. The SMILES string of the molecule is CNC(=O)CCNCc1ncccc1C. The van der Waals surface area contributed by atoms with E-state index in [4.69, 9.17) is 0 Å². The van der Waals surface area contributed by atoms with Crippen molar-refractivity contribution in [2.75, 3.05) is 13.6 Å². The minimum Gasteiger partial charge on any atom is -0.359 e. The topological polar surface area (TPSA) is 54.0 Å². The summed E-state index contributed by atoms with van der Waals surface area (Å²) in [5.74, 6) is 0.0558. The lowest BCUT2D eigenvalue weighted by atomic mass is 10.2. The van der Waals surface area contributed by atoms with Crippen LogP contribution in [0.15, 0.2) is 18.3 Å². The fourth-order valence-corrected chi connectivity index (χ4v) is 1.24. The second-order valence-electron chi connectivity index (χ2n) is 3.37. The van der Waals surface area contributed by atoms with Crippen molar-refractivity contribution in [3.8, 4) is 0 Å². The Morgan fingerprint density at radius 1 is 1.53 bits per heavy atom. The maximum absolute atomic E-state index is 10.9. The van der Waals surface area contributed by atoms with Crippen molar-refractivity contribution in [3.63, 3.8) is 0 Å². The lowest BCUT2D eigenvalue weighted by Crippen LogP contribution is -2.24. The fourth-order valence-electron chi connectivity index (χ4n) is 1.24. The van der Waals surface area contributed by atoms with Crippen LogP contribution in [0.4, 0.5) is 0 Å². The van der Waals surface area contributed by atoms with Crippen LogP contribution in [-0.2, 0) is 11.3 Å². The van der Waals surface area contributed by atoms with E-state index in [1.165, 1.54) is 5.56 Å². The third-order valence-electron chi connectivity index (χ3n) is 2.22. The molecule has 82 valence electrons. The smallest absolute Gasteiger partial charge is 0.221 e. The minimum atomic E-state index is 0.0558. The first-order valence-corrected chi connectivity index (χ1v) is 5.06. The number of hydrogen-bond donors (Lipinski definition) is 2. The van der Waals surface area contributed by atoms with Crippen molar-refractivity contribution in [2.45, 2.75) is 19.9 Å². The lowest BCUT2D eigenvalue weighted by molar-refractivity contribution is -0.120. The van der Waals surface area contributed by atoms with E-state index >= 15 is 0 Å². The maximum atomic E-state index is 10.9. The second-order valence-corrected chi connectivity index (χ2v) is 3.37. The number of carbonyl (C=O) groups is 1. The van der Waals surface area contributed by atoms with E-state index in [0.29, 0.717) is 19.5 Å². The van der Waals surface area contributed by atoms with E-state index in [-0.39, 0.29) is 5.91 Å². The van der Waals surface area contributed by atoms with Gasteiger partial charge in [0, 0.05) is 32.8 Å². The molecule has 0 saturated heterocycles. The van der Waals surface area contributed by atoms with E-state index in [2.05, 4.69) is 15.6 Å². The molecule has 1 heterocycles. The van der Waals surface area contributed by atoms with Gasteiger partial charge in [0.25, 0.3) is 0 Å². The Kier molecular flexibility index (Phi) is 4.77. The Balaban J connectivity index is 2.26. The van der Waals surface area contributed by atoms with E-state index in [1.54, 1.807) is 13.2 Å². The molecule has 15 heavy (non-hydrogen) atoms. The number of pyridine rings is 1. The summed E-state index contributed by atoms with van der Waals surface area (Å²) in [6.45, 7) is 3.42. The van der Waals surface area contributed by atoms with Gasteiger partial charge in [-0.3, -0.25) is 9.78 Å². The van der Waals surface area contributed by atoms with Gasteiger partial charge in [-0.15, -0.1) is 0 Å². The van der Waals surface area contributed by atoms with Crippen molar-refractivity contribution in [1.29, 1.82) is 0 Å². The van der Waals surface area contributed by atoms with Gasteiger partial charge in [-0.1, -0.05) is 6.07 Å². The monoisotopic (exact) mass is 207 g/mol. The van der Waals surface area contributed by atoms with Crippen molar-refractivity contribution >= 4 is 5.91 Å². The van der Waals surface area contributed by atoms with Crippen molar-refractivity contribution in [2.24, 2.45) is 0 Å². The van der Waals surface area contributed by atoms with Crippen molar-refractivity contribution < 1.29 is 4.79 Å². The predicted octanol–water partition coefficient (Wildman–Crippen LogP) is 0.616. The van der Waals surface area contributed by atoms with Crippen LogP contribution in [0, 0.1) is 6.92 Å². The summed E-state index contributed by atoms with van der Waals surface area (Å²) in [4.78, 5) is 15.2. The molecule has 0 spiro atoms. The van der Waals surface area contributed by atoms with Gasteiger partial charge in [0.15, 0.2) is 0 Å². The number of nitrogens with zero attached hydrogens (tertiary/aromatic N) is 1. The van der Waals surface area contributed by atoms with Crippen molar-refractivity contribution in [3.05, 3.63) is 29.6 Å². The summed E-state index contributed by atoms with van der Waals surface area (Å²) < 4.78 is 0. The van der Waals surface area contributed by atoms with E-state index in [1.807, 2.05) is 19.1 Å². The molecule has 4 nitrogen and oxygen atoms in total. The minimum absolute atomic E-state index is 0.0558. The van der Waals surface area contributed by atoms with Crippen LogP contribution in [0.25, 0.3) is 0 Å². The third kappa shape index (κ3) is 4.08. The molecule has 2 N–H and O–H groups in total. The molecule has 1 rings (SSSR count). The molecule has 0 aromatic carbocycles. The molecule has 4 heteroatoms. The first-order valence-electron chi connectivity index (χ1n) is 5.06. The summed E-state index contributed by atoms with van der Waals surface area (Å²) in [7, 11) is 1.64. The normalized spacial score (nSPS) is 10.0. The number of rotatable bonds is 5. The Labute approximate surface area is 90.1 Å². The summed E-state index contributed by atoms with van der Waals surface area (Å²) in [6, 6.07) is 3.95. The average molecular weight is 207 g/mol. The summed E-state index contributed by atoms with van der Waals surface area (Å²) in [5.41, 5.74) is 2.21. The van der Waals surface area contributed by atoms with Crippen LogP contribution in [0.2, 0.25) is 0 Å². The number of nitrogens with one attached hydrogen (secondary N) is 2. The second kappa shape index (κ2) is 6.14. The number of carbonyl (C=O) groups excluding carboxylic acids is 1. The quantitative estimate of drug-likeness (QED) is 0.696. The standard InChI is InChI=1S/C11H17N3O/c1-9-4-3-6-14-10(9)8-13-7-5-11(15)12-2/h3-4,6,13H,5,7-8H2,1-2H3,(H,12,15). The zero-order valence-electron chi connectivity index (χ0n) is 9.21. The Morgan fingerprint density at radius 3 is 3.00 bits per heavy atom. The van der Waals surface area contributed by atoms with Gasteiger partial charge in [0.2, 0.25) is 5.91 Å². The van der Waals surface area contributed by atoms with Crippen LogP contribution in [0.1, 0.15) is 17.7 Å². The molecular formula is C11H17N3O. The van der Waals surface area contributed by atoms with E-state index in [9.17, 15) is 4.79 Å². The molecule has 0 unspecified atom stereocenters. The first-order chi connectivity index (χ1) is 7.24. The fraction of sp³-hybridized carbons (Fsp3) is 0.455. The van der Waals surface area contributed by atoms with Crippen LogP contribution in [0.3, 0.4) is 0 Å². The molecule has 0 fully saturated rings. The van der Waals surface area contributed by atoms with E-state index in [0.717, 1.165) is 5.69 Å². The van der Waals surface area contributed by atoms with Crippen molar-refractivity contribution in [1.82, 2.24) is 15.6 Å². The third-order valence-corrected chi connectivity index (χ3v) is 2.22. The van der Waals surface area contributed by atoms with Gasteiger partial charge in [-0.25, -0.2) is 0 Å². The van der Waals surface area contributed by atoms with E-state index < -0.39 is 0 Å². The number of aryl methyl sites for hydroxylation is 1. The molecule has 0 bridgehead atoms. The van der Waals surface area contributed by atoms with Gasteiger partial charge >= 0.3 is 0 Å². The molecule has 0 aliphatic carbocycles. The predicted molar refractivity (Wildman–Crippen MR) is 59.4 cm³/mol. The number of hydrogen-bond acceptors (Lipinski definition) is 3. The zero-order valence-corrected chi connectivity index (χ0v) is 9.21. The Bertz CT molecular complexity index is 325. The maximum Gasteiger partial charge on any atom is 0.221 e. The molecule has 1 aromatic rings. The summed E-state index contributed by atoms with van der Waals surface area (Å²) >= 11 is 0. The molecule has 1 amide bonds. The molecule has 0 aliphatic heterocycles. The number of aromatic nitrogens is 1. The molecule has 0 radical (unpaired) electrons. The largest absolute Gasteiger partial charge is 0.359 e. The van der Waals surface area contributed by atoms with Gasteiger partial charge in [0.05, 0.1) is 5.69 Å². The molecule has 0 saturated carbocycles. The zero-order chi connectivity index (χ0) is 11.1. The van der Waals surface area contributed by atoms with Crippen LogP contribution < -0.4 is 10.6 Å². The van der Waals surface area contributed by atoms with Crippen LogP contribution in [-0.4, -0.2) is 24.5 Å². The van der Waals surface area contributed by atoms with Gasteiger partial charge in [0.1, 0.15) is 0 Å². The van der Waals surface area contributed by atoms with Gasteiger partial charge in [-0.05, 0) is 18.6 Å². The highest BCUT2D eigenvalue weighted by Crippen LogP contribution is 2.01. The van der Waals surface area contributed by atoms with Crippen LogP contribution >= 0.6 is 0 Å². The highest BCUT2D eigenvalue weighted by Gasteiger charge is 1.99. The molecule has 1 aromatic heterocycles. The Hall–Kier alpha value is -1.42. The molecule has 0 atom stereocenters. The average Bonchev–Trinajstić information content (AvgIpc) is 2.26. The molecular weight excluding hydrogens is 190 g/mol. The highest BCUT2D eigenvalue weighted by molar-refractivity contribution is 5.75. The summed E-state index contributed by atoms with van der Waals surface area (Å²) in [6.07, 6.45) is 2.28. The number of amides is 1. The van der Waals surface area contributed by atoms with Gasteiger partial charge in [-0.2, -0.15) is 0 Å². The first kappa shape index (κ1) is 11.7. The molecule has 0 aliphatic rings. The summed E-state index contributed by atoms with van der Waals surface area (Å²) in [5, 5.41) is 5.76. The lowest BCUT2D eigenvalue weighted by Gasteiger charge is -2.05. The van der Waals surface area contributed by atoms with Crippen LogP contribution in [0.5, 0.6) is 0 Å². The van der Waals surface area contributed by atoms with Gasteiger partial charge < -0.3 is 10.6 Å².